The van der Waals surface area contributed by atoms with Crippen LogP contribution in [-0.2, 0) is 0 Å². The minimum Gasteiger partial charge on any atom is -0.373 e. The first-order valence-corrected chi connectivity index (χ1v) is 7.07. The molecular formula is C14H23ClN4O. The summed E-state index contributed by atoms with van der Waals surface area (Å²) in [5, 5.41) is 3.22. The summed E-state index contributed by atoms with van der Waals surface area (Å²) in [7, 11) is 5.74. The highest BCUT2D eigenvalue weighted by atomic mass is 35.5. The molecular weight excluding hydrogens is 276 g/mol. The Hall–Kier alpha value is -1.33. The summed E-state index contributed by atoms with van der Waals surface area (Å²) in [5.74, 6) is 0.569. The highest BCUT2D eigenvalue weighted by Crippen LogP contribution is 2.17. The van der Waals surface area contributed by atoms with Gasteiger partial charge in [-0.15, -0.1) is 0 Å². The van der Waals surface area contributed by atoms with E-state index in [4.69, 9.17) is 11.6 Å². The second-order valence-electron chi connectivity index (χ2n) is 5.02. The number of nitrogens with one attached hydrogen (secondary N) is 1. The van der Waals surface area contributed by atoms with Crippen molar-refractivity contribution in [2.24, 2.45) is 0 Å². The lowest BCUT2D eigenvalue weighted by Crippen LogP contribution is -2.43. The van der Waals surface area contributed by atoms with Crippen molar-refractivity contribution < 1.29 is 4.79 Å². The molecule has 0 aliphatic heterocycles. The van der Waals surface area contributed by atoms with E-state index in [0.29, 0.717) is 23.1 Å². The number of aromatic nitrogens is 1. The Bertz CT molecular complexity index is 464. The molecule has 0 saturated carbocycles. The lowest BCUT2D eigenvalue weighted by molar-refractivity contribution is 0.0679. The third-order valence-corrected chi connectivity index (χ3v) is 3.25. The third-order valence-electron chi connectivity index (χ3n) is 3.06. The van der Waals surface area contributed by atoms with Crippen LogP contribution in [0.4, 0.5) is 5.82 Å². The molecule has 0 radical (unpaired) electrons. The first kappa shape index (κ1) is 16.7. The van der Waals surface area contributed by atoms with Crippen LogP contribution in [-0.4, -0.2) is 61.0 Å². The molecule has 20 heavy (non-hydrogen) atoms. The molecule has 6 heteroatoms. The smallest absolute Gasteiger partial charge is 0.254 e. The molecule has 1 rings (SSSR count). The van der Waals surface area contributed by atoms with Crippen molar-refractivity contribution >= 4 is 23.3 Å². The van der Waals surface area contributed by atoms with Crippen LogP contribution in [0.15, 0.2) is 12.1 Å². The number of rotatable bonds is 6. The van der Waals surface area contributed by atoms with Crippen molar-refractivity contribution in [1.29, 1.82) is 0 Å². The lowest BCUT2D eigenvalue weighted by Gasteiger charge is -2.30. The molecule has 1 heterocycles. The molecule has 0 aliphatic carbocycles. The van der Waals surface area contributed by atoms with Crippen LogP contribution in [0.2, 0.25) is 5.15 Å². The van der Waals surface area contributed by atoms with Crippen molar-refractivity contribution in [3.63, 3.8) is 0 Å². The Morgan fingerprint density at radius 2 is 2.10 bits per heavy atom. The van der Waals surface area contributed by atoms with E-state index >= 15 is 0 Å². The summed E-state index contributed by atoms with van der Waals surface area (Å²) in [4.78, 5) is 20.6. The van der Waals surface area contributed by atoms with E-state index in [1.54, 1.807) is 19.2 Å². The van der Waals surface area contributed by atoms with Gasteiger partial charge in [-0.05, 0) is 40.1 Å². The number of nitrogens with zero attached hydrogens (tertiary/aromatic N) is 3. The minimum absolute atomic E-state index is 0.0253. The average molecular weight is 299 g/mol. The number of halogens is 1. The van der Waals surface area contributed by atoms with E-state index in [-0.39, 0.29) is 11.9 Å². The van der Waals surface area contributed by atoms with Crippen molar-refractivity contribution in [3.8, 4) is 0 Å². The molecule has 112 valence electrons. The summed E-state index contributed by atoms with van der Waals surface area (Å²) < 4.78 is 0. The largest absolute Gasteiger partial charge is 0.373 e. The van der Waals surface area contributed by atoms with Crippen molar-refractivity contribution in [2.75, 3.05) is 39.5 Å². The molecule has 1 N–H and O–H groups in total. The summed E-state index contributed by atoms with van der Waals surface area (Å²) in [6.07, 6.45) is 0. The van der Waals surface area contributed by atoms with Gasteiger partial charge >= 0.3 is 0 Å². The molecule has 0 saturated heterocycles. The Balaban J connectivity index is 2.98. The molecule has 0 bridgehead atoms. The number of carbonyl (C=O) groups excluding carboxylic acids is 1. The average Bonchev–Trinajstić information content (AvgIpc) is 2.37. The van der Waals surface area contributed by atoms with E-state index in [9.17, 15) is 4.79 Å². The SMILES string of the molecule is CCN(C(=O)c1cc(Cl)nc(NC)c1)C(C)CN(C)C. The standard InChI is InChI=1S/C14H23ClN4O/c1-6-19(10(2)9-18(4)5)14(20)11-7-12(15)17-13(8-11)16-3/h7-8,10H,6,9H2,1-5H3,(H,16,17). The normalized spacial score (nSPS) is 12.3. The number of hydrogen-bond donors (Lipinski definition) is 1. The maximum atomic E-state index is 12.6. The Morgan fingerprint density at radius 1 is 1.45 bits per heavy atom. The zero-order valence-electron chi connectivity index (χ0n) is 12.8. The number of pyridine rings is 1. The summed E-state index contributed by atoms with van der Waals surface area (Å²) in [5.41, 5.74) is 0.557. The zero-order chi connectivity index (χ0) is 15.3. The third kappa shape index (κ3) is 4.35. The van der Waals surface area contributed by atoms with E-state index in [1.807, 2.05) is 32.8 Å². The van der Waals surface area contributed by atoms with Gasteiger partial charge in [0.25, 0.3) is 5.91 Å². The molecule has 0 spiro atoms. The fourth-order valence-corrected chi connectivity index (χ4v) is 2.41. The number of amides is 1. The van der Waals surface area contributed by atoms with Crippen LogP contribution in [0.25, 0.3) is 0 Å². The van der Waals surface area contributed by atoms with E-state index in [1.165, 1.54) is 0 Å². The van der Waals surface area contributed by atoms with Crippen molar-refractivity contribution in [1.82, 2.24) is 14.8 Å². The predicted octanol–water partition coefficient (Wildman–Crippen LogP) is 2.19. The number of carbonyl (C=O) groups is 1. The molecule has 1 atom stereocenters. The van der Waals surface area contributed by atoms with Crippen LogP contribution in [0.3, 0.4) is 0 Å². The maximum absolute atomic E-state index is 12.6. The van der Waals surface area contributed by atoms with Crippen LogP contribution in [0, 0.1) is 0 Å². The Labute approximate surface area is 125 Å². The van der Waals surface area contributed by atoms with Gasteiger partial charge < -0.3 is 15.1 Å². The molecule has 0 aromatic carbocycles. The Morgan fingerprint density at radius 3 is 2.60 bits per heavy atom. The van der Waals surface area contributed by atoms with Gasteiger partial charge in [0.15, 0.2) is 0 Å². The fraction of sp³-hybridized carbons (Fsp3) is 0.571. The van der Waals surface area contributed by atoms with E-state index in [2.05, 4.69) is 15.2 Å². The monoisotopic (exact) mass is 298 g/mol. The molecule has 1 unspecified atom stereocenters. The van der Waals surface area contributed by atoms with Gasteiger partial charge in [0.2, 0.25) is 0 Å². The van der Waals surface area contributed by atoms with Gasteiger partial charge in [-0.1, -0.05) is 11.6 Å². The van der Waals surface area contributed by atoms with Gasteiger partial charge in [-0.25, -0.2) is 4.98 Å². The number of hydrogen-bond acceptors (Lipinski definition) is 4. The van der Waals surface area contributed by atoms with Gasteiger partial charge in [-0.3, -0.25) is 4.79 Å². The first-order chi connectivity index (χ1) is 9.38. The van der Waals surface area contributed by atoms with Gasteiger partial charge in [-0.2, -0.15) is 0 Å². The van der Waals surface area contributed by atoms with Crippen LogP contribution in [0.1, 0.15) is 24.2 Å². The molecule has 0 fully saturated rings. The number of anilines is 1. The molecule has 1 amide bonds. The Kier molecular flexibility index (Phi) is 6.23. The maximum Gasteiger partial charge on any atom is 0.254 e. The van der Waals surface area contributed by atoms with E-state index < -0.39 is 0 Å². The van der Waals surface area contributed by atoms with Gasteiger partial charge in [0.05, 0.1) is 0 Å². The zero-order valence-corrected chi connectivity index (χ0v) is 13.5. The second kappa shape index (κ2) is 7.45. The van der Waals surface area contributed by atoms with Crippen LogP contribution >= 0.6 is 11.6 Å². The summed E-state index contributed by atoms with van der Waals surface area (Å²) in [6.45, 7) is 5.50. The summed E-state index contributed by atoms with van der Waals surface area (Å²) in [6, 6.07) is 3.46. The highest BCUT2D eigenvalue weighted by molar-refractivity contribution is 6.29. The van der Waals surface area contributed by atoms with Crippen molar-refractivity contribution in [2.45, 2.75) is 19.9 Å². The number of likely N-dealkylation sites (N-methyl/N-ethyl adjacent to an activating group) is 2. The molecule has 1 aromatic rings. The topological polar surface area (TPSA) is 48.5 Å². The predicted molar refractivity (Wildman–Crippen MR) is 83.5 cm³/mol. The first-order valence-electron chi connectivity index (χ1n) is 6.70. The summed E-state index contributed by atoms with van der Waals surface area (Å²) >= 11 is 5.95. The van der Waals surface area contributed by atoms with Crippen molar-refractivity contribution in [3.05, 3.63) is 22.8 Å². The lowest BCUT2D eigenvalue weighted by atomic mass is 10.2. The van der Waals surface area contributed by atoms with Gasteiger partial charge in [0.1, 0.15) is 11.0 Å². The minimum atomic E-state index is -0.0253. The molecule has 0 aliphatic rings. The molecule has 1 aromatic heterocycles. The van der Waals surface area contributed by atoms with Crippen LogP contribution < -0.4 is 5.32 Å². The van der Waals surface area contributed by atoms with Gasteiger partial charge in [0, 0.05) is 31.7 Å². The second-order valence-corrected chi connectivity index (χ2v) is 5.40. The fourth-order valence-electron chi connectivity index (χ4n) is 2.20. The van der Waals surface area contributed by atoms with Crippen LogP contribution in [0.5, 0.6) is 0 Å². The van der Waals surface area contributed by atoms with E-state index in [0.717, 1.165) is 6.54 Å². The quantitative estimate of drug-likeness (QED) is 0.818. The molecule has 5 nitrogen and oxygen atoms in total. The highest BCUT2D eigenvalue weighted by Gasteiger charge is 2.21.